The fourth-order valence-corrected chi connectivity index (χ4v) is 3.28. The molecular formula is C19H27N3O3. The van der Waals surface area contributed by atoms with Crippen molar-refractivity contribution in [3.63, 3.8) is 0 Å². The highest BCUT2D eigenvalue weighted by Crippen LogP contribution is 2.22. The normalized spacial score (nSPS) is 21.4. The van der Waals surface area contributed by atoms with Crippen LogP contribution in [-0.2, 0) is 13.1 Å². The van der Waals surface area contributed by atoms with E-state index in [2.05, 4.69) is 22.0 Å². The number of aryl methyl sites for hydroxylation is 1. The largest absolute Gasteiger partial charge is 0.494 e. The van der Waals surface area contributed by atoms with E-state index in [1.54, 1.807) is 6.20 Å². The molecule has 6 heteroatoms. The molecule has 0 aliphatic carbocycles. The third-order valence-electron chi connectivity index (χ3n) is 4.65. The number of ether oxygens (including phenoxy) is 1. The molecule has 2 N–H and O–H groups in total. The molecule has 0 unspecified atom stereocenters. The molecule has 25 heavy (non-hydrogen) atoms. The zero-order valence-electron chi connectivity index (χ0n) is 14.5. The highest BCUT2D eigenvalue weighted by atomic mass is 16.5. The highest BCUT2D eigenvalue weighted by Gasteiger charge is 2.32. The standard InChI is InChI=1S/C19H27N3O3/c23-15-19(24)7-1-9-22(14-19)13-17-3-5-18(6-4-17)25-12-2-10-21-11-8-20-16-21/h3-6,8,11,16,23-24H,1-2,7,9-10,12-15H2/t19-/m1/s1. The van der Waals surface area contributed by atoms with Crippen molar-refractivity contribution in [2.24, 2.45) is 0 Å². The van der Waals surface area contributed by atoms with Crippen LogP contribution >= 0.6 is 0 Å². The molecule has 0 saturated carbocycles. The molecule has 1 aliphatic rings. The average molecular weight is 345 g/mol. The Bertz CT molecular complexity index is 630. The number of hydrogen-bond donors (Lipinski definition) is 2. The van der Waals surface area contributed by atoms with E-state index in [-0.39, 0.29) is 6.61 Å². The van der Waals surface area contributed by atoms with Gasteiger partial charge in [0.2, 0.25) is 0 Å². The summed E-state index contributed by atoms with van der Waals surface area (Å²) in [7, 11) is 0. The monoisotopic (exact) mass is 345 g/mol. The molecule has 1 atom stereocenters. The van der Waals surface area contributed by atoms with Crippen LogP contribution in [0.3, 0.4) is 0 Å². The van der Waals surface area contributed by atoms with Gasteiger partial charge in [0.25, 0.3) is 0 Å². The Balaban J connectivity index is 1.42. The fraction of sp³-hybridized carbons (Fsp3) is 0.526. The van der Waals surface area contributed by atoms with Gasteiger partial charge in [-0.2, -0.15) is 0 Å². The third-order valence-corrected chi connectivity index (χ3v) is 4.65. The van der Waals surface area contributed by atoms with Gasteiger partial charge in [-0.05, 0) is 43.5 Å². The van der Waals surface area contributed by atoms with Crippen molar-refractivity contribution in [2.75, 3.05) is 26.3 Å². The van der Waals surface area contributed by atoms with Crippen LogP contribution in [0, 0.1) is 0 Å². The summed E-state index contributed by atoms with van der Waals surface area (Å²) >= 11 is 0. The molecule has 1 aliphatic heterocycles. The van der Waals surface area contributed by atoms with Gasteiger partial charge in [0.1, 0.15) is 11.4 Å². The van der Waals surface area contributed by atoms with Crippen LogP contribution in [0.2, 0.25) is 0 Å². The molecule has 2 aromatic rings. The Hall–Kier alpha value is -1.89. The number of piperidine rings is 1. The fourth-order valence-electron chi connectivity index (χ4n) is 3.28. The molecular weight excluding hydrogens is 318 g/mol. The summed E-state index contributed by atoms with van der Waals surface area (Å²) < 4.78 is 7.82. The summed E-state index contributed by atoms with van der Waals surface area (Å²) in [5.41, 5.74) is 0.240. The number of rotatable bonds is 8. The van der Waals surface area contributed by atoms with Gasteiger partial charge in [0.05, 0.1) is 19.5 Å². The minimum Gasteiger partial charge on any atom is -0.494 e. The van der Waals surface area contributed by atoms with Gasteiger partial charge < -0.3 is 19.5 Å². The Morgan fingerprint density at radius 2 is 2.08 bits per heavy atom. The van der Waals surface area contributed by atoms with Gasteiger partial charge in [-0.1, -0.05) is 12.1 Å². The van der Waals surface area contributed by atoms with Crippen molar-refractivity contribution >= 4 is 0 Å². The van der Waals surface area contributed by atoms with E-state index in [1.807, 2.05) is 29.2 Å². The van der Waals surface area contributed by atoms with E-state index in [0.717, 1.165) is 38.2 Å². The Morgan fingerprint density at radius 1 is 1.24 bits per heavy atom. The molecule has 1 aromatic carbocycles. The van der Waals surface area contributed by atoms with Gasteiger partial charge in [-0.15, -0.1) is 0 Å². The molecule has 0 radical (unpaired) electrons. The third kappa shape index (κ3) is 5.29. The second-order valence-corrected chi connectivity index (χ2v) is 6.84. The van der Waals surface area contributed by atoms with Crippen molar-refractivity contribution in [2.45, 2.75) is 38.0 Å². The molecule has 6 nitrogen and oxygen atoms in total. The number of β-amino-alcohol motifs (C(OH)–C–C–N with tert-alkyl or cyclic N) is 1. The minimum absolute atomic E-state index is 0.171. The quantitative estimate of drug-likeness (QED) is 0.712. The lowest BCUT2D eigenvalue weighted by Gasteiger charge is -2.38. The molecule has 0 spiro atoms. The van der Waals surface area contributed by atoms with Gasteiger partial charge in [0.15, 0.2) is 0 Å². The van der Waals surface area contributed by atoms with Crippen molar-refractivity contribution in [3.8, 4) is 5.75 Å². The minimum atomic E-state index is -0.948. The predicted molar refractivity (Wildman–Crippen MR) is 95.3 cm³/mol. The first-order chi connectivity index (χ1) is 12.2. The van der Waals surface area contributed by atoms with E-state index < -0.39 is 5.60 Å². The van der Waals surface area contributed by atoms with E-state index in [0.29, 0.717) is 19.6 Å². The highest BCUT2D eigenvalue weighted by molar-refractivity contribution is 5.27. The van der Waals surface area contributed by atoms with Gasteiger partial charge in [0, 0.05) is 32.0 Å². The van der Waals surface area contributed by atoms with Crippen LogP contribution in [0.15, 0.2) is 43.0 Å². The van der Waals surface area contributed by atoms with Crippen molar-refractivity contribution in [1.29, 1.82) is 0 Å². The lowest BCUT2D eigenvalue weighted by molar-refractivity contribution is -0.0687. The number of benzene rings is 1. The molecule has 0 bridgehead atoms. The number of imidazole rings is 1. The Morgan fingerprint density at radius 3 is 2.80 bits per heavy atom. The molecule has 1 saturated heterocycles. The summed E-state index contributed by atoms with van der Waals surface area (Å²) in [6, 6.07) is 8.12. The number of aliphatic hydroxyl groups excluding tert-OH is 1. The smallest absolute Gasteiger partial charge is 0.119 e. The summed E-state index contributed by atoms with van der Waals surface area (Å²) in [6.45, 7) is 3.66. The van der Waals surface area contributed by atoms with Crippen molar-refractivity contribution in [1.82, 2.24) is 14.5 Å². The number of aliphatic hydroxyl groups is 2. The Kier molecular flexibility index (Phi) is 6.07. The maximum atomic E-state index is 10.2. The first-order valence-electron chi connectivity index (χ1n) is 8.90. The van der Waals surface area contributed by atoms with Crippen LogP contribution in [0.5, 0.6) is 5.75 Å². The topological polar surface area (TPSA) is 70.8 Å². The van der Waals surface area contributed by atoms with Crippen molar-refractivity contribution < 1.29 is 14.9 Å². The number of nitrogens with zero attached hydrogens (tertiary/aromatic N) is 3. The number of likely N-dealkylation sites (tertiary alicyclic amines) is 1. The van der Waals surface area contributed by atoms with Crippen molar-refractivity contribution in [3.05, 3.63) is 48.5 Å². The molecule has 3 rings (SSSR count). The van der Waals surface area contributed by atoms with Gasteiger partial charge in [-0.25, -0.2) is 4.98 Å². The van der Waals surface area contributed by atoms with Crippen LogP contribution in [0.25, 0.3) is 0 Å². The Labute approximate surface area is 148 Å². The van der Waals surface area contributed by atoms with E-state index in [1.165, 1.54) is 5.56 Å². The molecule has 1 fully saturated rings. The van der Waals surface area contributed by atoms with Crippen LogP contribution in [-0.4, -0.2) is 56.6 Å². The van der Waals surface area contributed by atoms with Gasteiger partial charge >= 0.3 is 0 Å². The first-order valence-corrected chi connectivity index (χ1v) is 8.90. The van der Waals surface area contributed by atoms with E-state index >= 15 is 0 Å². The predicted octanol–water partition coefficient (Wildman–Crippen LogP) is 1.67. The number of aromatic nitrogens is 2. The SMILES string of the molecule is OC[C@@]1(O)CCCN(Cc2ccc(OCCCn3ccnc3)cc2)C1. The summed E-state index contributed by atoms with van der Waals surface area (Å²) in [5, 5.41) is 19.6. The summed E-state index contributed by atoms with van der Waals surface area (Å²) in [4.78, 5) is 6.21. The zero-order valence-corrected chi connectivity index (χ0v) is 14.5. The van der Waals surface area contributed by atoms with Crippen LogP contribution < -0.4 is 4.74 Å². The molecule has 0 amide bonds. The lowest BCUT2D eigenvalue weighted by Crippen LogP contribution is -2.49. The molecule has 2 heterocycles. The zero-order chi connectivity index (χ0) is 17.5. The lowest BCUT2D eigenvalue weighted by atomic mass is 9.93. The second-order valence-electron chi connectivity index (χ2n) is 6.84. The van der Waals surface area contributed by atoms with Crippen LogP contribution in [0.4, 0.5) is 0 Å². The summed E-state index contributed by atoms with van der Waals surface area (Å²) in [5.74, 6) is 0.875. The maximum absolute atomic E-state index is 10.2. The molecule has 136 valence electrons. The van der Waals surface area contributed by atoms with E-state index in [9.17, 15) is 10.2 Å². The second kappa shape index (κ2) is 8.47. The van der Waals surface area contributed by atoms with E-state index in [4.69, 9.17) is 4.74 Å². The summed E-state index contributed by atoms with van der Waals surface area (Å²) in [6.07, 6.45) is 8.07. The molecule has 1 aromatic heterocycles. The number of hydrogen-bond acceptors (Lipinski definition) is 5. The average Bonchev–Trinajstić information content (AvgIpc) is 3.14. The van der Waals surface area contributed by atoms with Gasteiger partial charge in [-0.3, -0.25) is 4.90 Å². The first kappa shape index (κ1) is 17.9. The maximum Gasteiger partial charge on any atom is 0.119 e. The van der Waals surface area contributed by atoms with Crippen LogP contribution in [0.1, 0.15) is 24.8 Å².